The second kappa shape index (κ2) is 7.25. The minimum absolute atomic E-state index is 0.0320. The number of carbonyl (C=O) groups excluding carboxylic acids is 1. The van der Waals surface area contributed by atoms with Gasteiger partial charge in [0, 0.05) is 43.4 Å². The van der Waals surface area contributed by atoms with Crippen molar-refractivity contribution in [3.05, 3.63) is 65.4 Å². The van der Waals surface area contributed by atoms with Crippen molar-refractivity contribution < 1.29 is 9.90 Å². The smallest absolute Gasteiger partial charge is 0.168 e. The molecule has 2 N–H and O–H groups in total. The number of imidazole rings is 1. The molecule has 1 aliphatic carbocycles. The van der Waals surface area contributed by atoms with Gasteiger partial charge in [-0.3, -0.25) is 9.79 Å². The zero-order valence-electron chi connectivity index (χ0n) is 13.7. The van der Waals surface area contributed by atoms with E-state index in [2.05, 4.69) is 15.0 Å². The predicted molar refractivity (Wildman–Crippen MR) is 93.3 cm³/mol. The van der Waals surface area contributed by atoms with E-state index in [0.717, 1.165) is 17.7 Å². The number of hydrogen-bond acceptors (Lipinski definition) is 4. The summed E-state index contributed by atoms with van der Waals surface area (Å²) in [6, 6.07) is 9.87. The molecule has 1 atom stereocenters. The van der Waals surface area contributed by atoms with Gasteiger partial charge in [-0.05, 0) is 18.4 Å². The molecule has 5 nitrogen and oxygen atoms in total. The van der Waals surface area contributed by atoms with E-state index in [1.807, 2.05) is 30.3 Å². The molecule has 3 rings (SSSR count). The van der Waals surface area contributed by atoms with Gasteiger partial charge in [-0.15, -0.1) is 0 Å². The van der Waals surface area contributed by atoms with Crippen LogP contribution >= 0.6 is 0 Å². The minimum atomic E-state index is -0.0320. The van der Waals surface area contributed by atoms with Crippen LogP contribution in [0, 0.1) is 0 Å². The first-order chi connectivity index (χ1) is 11.6. The molecule has 0 aliphatic heterocycles. The number of aliphatic hydroxyl groups excluding tert-OH is 1. The normalized spacial score (nSPS) is 19.0. The van der Waals surface area contributed by atoms with Gasteiger partial charge in [-0.1, -0.05) is 30.3 Å². The predicted octanol–water partition coefficient (Wildman–Crippen LogP) is 3.37. The molecule has 0 bridgehead atoms. The molecule has 2 aromatic rings. The number of aliphatic imine (C=N–C) groups is 1. The molecule has 0 fully saturated rings. The molecule has 0 saturated heterocycles. The monoisotopic (exact) mass is 323 g/mol. The van der Waals surface area contributed by atoms with Crippen molar-refractivity contribution in [1.82, 2.24) is 9.97 Å². The van der Waals surface area contributed by atoms with E-state index >= 15 is 0 Å². The summed E-state index contributed by atoms with van der Waals surface area (Å²) in [6.45, 7) is 2.35. The summed E-state index contributed by atoms with van der Waals surface area (Å²) in [6.07, 6.45) is 5.02. The quantitative estimate of drug-likeness (QED) is 0.828. The number of aromatic nitrogens is 2. The second-order valence-electron chi connectivity index (χ2n) is 6.05. The van der Waals surface area contributed by atoms with E-state index in [9.17, 15) is 9.90 Å². The number of H-pyrrole nitrogens is 1. The number of Topliss-reactive ketones (excluding diaryl/α,β-unsaturated/α-hetero) is 1. The second-order valence-corrected chi connectivity index (χ2v) is 6.05. The summed E-state index contributed by atoms with van der Waals surface area (Å²) in [5.41, 5.74) is 3.10. The molecule has 1 aromatic carbocycles. The highest BCUT2D eigenvalue weighted by Gasteiger charge is 2.29. The first-order valence-corrected chi connectivity index (χ1v) is 8.14. The Bertz CT molecular complexity index is 761. The Morgan fingerprint density at radius 1 is 1.33 bits per heavy atom. The van der Waals surface area contributed by atoms with Crippen LogP contribution in [0.4, 0.5) is 0 Å². The fourth-order valence-electron chi connectivity index (χ4n) is 3.11. The number of aliphatic hydroxyl groups is 1. The van der Waals surface area contributed by atoms with E-state index in [-0.39, 0.29) is 17.5 Å². The first kappa shape index (κ1) is 16.2. The topological polar surface area (TPSA) is 78.3 Å². The van der Waals surface area contributed by atoms with Crippen LogP contribution in [-0.2, 0) is 11.2 Å². The fraction of sp³-hybridized carbons (Fsp3) is 0.316. The number of aromatic amines is 1. The first-order valence-electron chi connectivity index (χ1n) is 8.14. The Kier molecular flexibility index (Phi) is 4.89. The van der Waals surface area contributed by atoms with Crippen LogP contribution in [-0.4, -0.2) is 33.1 Å². The lowest BCUT2D eigenvalue weighted by molar-refractivity contribution is -0.116. The van der Waals surface area contributed by atoms with Crippen molar-refractivity contribution in [1.29, 1.82) is 0 Å². The maximum Gasteiger partial charge on any atom is 0.168 e. The molecule has 124 valence electrons. The minimum Gasteiger partial charge on any atom is -0.511 e. The van der Waals surface area contributed by atoms with Crippen molar-refractivity contribution in [2.75, 3.05) is 6.54 Å². The zero-order valence-corrected chi connectivity index (χ0v) is 13.7. The van der Waals surface area contributed by atoms with Crippen molar-refractivity contribution >= 4 is 11.5 Å². The van der Waals surface area contributed by atoms with Crippen LogP contribution in [0.1, 0.15) is 36.9 Å². The molecule has 24 heavy (non-hydrogen) atoms. The highest BCUT2D eigenvalue weighted by Crippen LogP contribution is 2.33. The SMILES string of the molecule is CC(=NCCc1cnc[nH]1)C1=C(O)CC(c2ccccc2)CC1=O. The molecule has 1 heterocycles. The molecule has 1 aromatic heterocycles. The third kappa shape index (κ3) is 3.62. The van der Waals surface area contributed by atoms with Crippen LogP contribution in [0.3, 0.4) is 0 Å². The van der Waals surface area contributed by atoms with E-state index in [1.54, 1.807) is 19.4 Å². The Labute approximate surface area is 141 Å². The van der Waals surface area contributed by atoms with Crippen LogP contribution in [0.25, 0.3) is 0 Å². The van der Waals surface area contributed by atoms with Crippen LogP contribution in [0.5, 0.6) is 0 Å². The van der Waals surface area contributed by atoms with Gasteiger partial charge in [0.15, 0.2) is 5.78 Å². The lowest BCUT2D eigenvalue weighted by atomic mass is 9.81. The van der Waals surface area contributed by atoms with Gasteiger partial charge in [0.25, 0.3) is 0 Å². The summed E-state index contributed by atoms with van der Waals surface area (Å²) in [5, 5.41) is 10.4. The average molecular weight is 323 g/mol. The number of ketones is 1. The summed E-state index contributed by atoms with van der Waals surface area (Å²) in [4.78, 5) is 23.9. The molecule has 1 aliphatic rings. The van der Waals surface area contributed by atoms with Crippen LogP contribution in [0.15, 0.2) is 59.2 Å². The van der Waals surface area contributed by atoms with Crippen molar-refractivity contribution in [3.8, 4) is 0 Å². The molecule has 0 saturated carbocycles. The van der Waals surface area contributed by atoms with Gasteiger partial charge >= 0.3 is 0 Å². The number of carbonyl (C=O) groups is 1. The Morgan fingerprint density at radius 3 is 2.79 bits per heavy atom. The van der Waals surface area contributed by atoms with Gasteiger partial charge in [0.1, 0.15) is 5.76 Å². The fourth-order valence-corrected chi connectivity index (χ4v) is 3.11. The number of allylic oxidation sites excluding steroid dienone is 2. The summed E-state index contributed by atoms with van der Waals surface area (Å²) < 4.78 is 0. The van der Waals surface area contributed by atoms with E-state index in [4.69, 9.17) is 0 Å². The van der Waals surface area contributed by atoms with Gasteiger partial charge in [0.05, 0.1) is 11.9 Å². The summed E-state index contributed by atoms with van der Waals surface area (Å²) >= 11 is 0. The number of rotatable bonds is 5. The highest BCUT2D eigenvalue weighted by molar-refractivity contribution is 6.22. The third-order valence-corrected chi connectivity index (χ3v) is 4.36. The van der Waals surface area contributed by atoms with Gasteiger partial charge in [-0.2, -0.15) is 0 Å². The van der Waals surface area contributed by atoms with Gasteiger partial charge < -0.3 is 10.1 Å². The standard InChI is InChI=1S/C19H21N3O2/c1-13(21-8-7-16-11-20-12-22-16)19-17(23)9-15(10-18(19)24)14-5-3-2-4-6-14/h2-6,11-12,15,23H,7-10H2,1H3,(H,20,22). The van der Waals surface area contributed by atoms with E-state index < -0.39 is 0 Å². The van der Waals surface area contributed by atoms with Crippen LogP contribution in [0.2, 0.25) is 0 Å². The van der Waals surface area contributed by atoms with E-state index in [1.165, 1.54) is 0 Å². The Hall–Kier alpha value is -2.69. The molecular weight excluding hydrogens is 302 g/mol. The zero-order chi connectivity index (χ0) is 16.9. The van der Waals surface area contributed by atoms with Gasteiger partial charge in [-0.25, -0.2) is 4.98 Å². The molecule has 0 radical (unpaired) electrons. The van der Waals surface area contributed by atoms with Crippen LogP contribution < -0.4 is 0 Å². The summed E-state index contributed by atoms with van der Waals surface area (Å²) in [7, 11) is 0. The Morgan fingerprint density at radius 2 is 2.12 bits per heavy atom. The lowest BCUT2D eigenvalue weighted by Gasteiger charge is -2.23. The maximum atomic E-state index is 12.5. The molecule has 0 spiro atoms. The lowest BCUT2D eigenvalue weighted by Crippen LogP contribution is -2.22. The molecular formula is C19H21N3O2. The van der Waals surface area contributed by atoms with E-state index in [0.29, 0.717) is 30.7 Å². The van der Waals surface area contributed by atoms with Crippen molar-refractivity contribution in [2.45, 2.75) is 32.1 Å². The number of nitrogens with zero attached hydrogens (tertiary/aromatic N) is 2. The highest BCUT2D eigenvalue weighted by atomic mass is 16.3. The summed E-state index contributed by atoms with van der Waals surface area (Å²) in [5.74, 6) is 0.165. The van der Waals surface area contributed by atoms with Crippen molar-refractivity contribution in [3.63, 3.8) is 0 Å². The Balaban J connectivity index is 1.71. The number of nitrogens with one attached hydrogen (secondary N) is 1. The van der Waals surface area contributed by atoms with Crippen molar-refractivity contribution in [2.24, 2.45) is 4.99 Å². The number of benzene rings is 1. The third-order valence-electron chi connectivity index (χ3n) is 4.36. The maximum absolute atomic E-state index is 12.5. The largest absolute Gasteiger partial charge is 0.511 e. The molecule has 5 heteroatoms. The molecule has 0 amide bonds. The van der Waals surface area contributed by atoms with Gasteiger partial charge in [0.2, 0.25) is 0 Å². The molecule has 1 unspecified atom stereocenters. The number of hydrogen-bond donors (Lipinski definition) is 2. The average Bonchev–Trinajstić information content (AvgIpc) is 3.08.